The highest BCUT2D eigenvalue weighted by Gasteiger charge is 2.65. The van der Waals surface area contributed by atoms with Crippen LogP contribution in [-0.2, 0) is 21.2 Å². The molecule has 2 fully saturated rings. The second-order valence-electron chi connectivity index (χ2n) is 7.29. The van der Waals surface area contributed by atoms with Gasteiger partial charge in [-0.3, -0.25) is 9.78 Å². The summed E-state index contributed by atoms with van der Waals surface area (Å²) in [6.07, 6.45) is 2.57. The zero-order chi connectivity index (χ0) is 21.9. The number of pyridine rings is 1. The molecule has 1 spiro atoms. The number of carbonyl (C=O) groups excluding carboxylic acids is 2. The lowest BCUT2D eigenvalue weighted by molar-refractivity contribution is -0.120. The zero-order valence-corrected chi connectivity index (χ0v) is 16.5. The molecule has 0 atom stereocenters. The molecule has 3 amide bonds. The molecule has 0 unspecified atom stereocenters. The van der Waals surface area contributed by atoms with Gasteiger partial charge in [0, 0.05) is 18.4 Å². The Kier molecular flexibility index (Phi) is 4.42. The Balaban J connectivity index is 1.64. The highest BCUT2D eigenvalue weighted by atomic mass is 32.2. The van der Waals surface area contributed by atoms with E-state index < -0.39 is 37.7 Å². The van der Waals surface area contributed by atoms with Crippen molar-refractivity contribution in [2.45, 2.75) is 42.3 Å². The van der Waals surface area contributed by atoms with E-state index in [1.165, 1.54) is 4.90 Å². The number of aryl methyl sites for hydroxylation is 1. The molecule has 0 radical (unpaired) electrons. The number of amides is 3. The third-order valence-corrected chi connectivity index (χ3v) is 6.78. The fourth-order valence-electron chi connectivity index (χ4n) is 3.56. The van der Waals surface area contributed by atoms with Crippen LogP contribution in [0.4, 0.5) is 23.7 Å². The summed E-state index contributed by atoms with van der Waals surface area (Å²) in [4.78, 5) is 31.5. The summed E-state index contributed by atoms with van der Waals surface area (Å²) in [7, 11) is -5.51. The molecule has 4 rings (SSSR count). The molecule has 1 aliphatic carbocycles. The van der Waals surface area contributed by atoms with Crippen LogP contribution in [0.3, 0.4) is 0 Å². The normalized spacial score (nSPS) is 18.4. The van der Waals surface area contributed by atoms with Gasteiger partial charge in [0.05, 0.1) is 10.6 Å². The average Bonchev–Trinajstić information content (AvgIpc) is 3.44. The number of hydrogen-bond donors (Lipinski definition) is 0. The summed E-state index contributed by atoms with van der Waals surface area (Å²) in [6, 6.07) is 6.49. The molecule has 30 heavy (non-hydrogen) atoms. The summed E-state index contributed by atoms with van der Waals surface area (Å²) in [6.45, 7) is 1.99. The van der Waals surface area contributed by atoms with Gasteiger partial charge in [0.25, 0.3) is 15.7 Å². The van der Waals surface area contributed by atoms with E-state index >= 15 is 0 Å². The first-order valence-corrected chi connectivity index (χ1v) is 10.4. The fraction of sp³-hybridized carbons (Fsp3) is 0.316. The van der Waals surface area contributed by atoms with Crippen LogP contribution in [0.25, 0.3) is 0 Å². The summed E-state index contributed by atoms with van der Waals surface area (Å²) in [5.41, 5.74) is -4.83. The molecule has 7 nitrogen and oxygen atoms in total. The number of alkyl halides is 3. The number of anilines is 1. The Bertz CT molecular complexity index is 1140. The van der Waals surface area contributed by atoms with Gasteiger partial charge in [-0.05, 0) is 61.7 Å². The maximum atomic E-state index is 13.0. The van der Waals surface area contributed by atoms with Gasteiger partial charge in [-0.25, -0.2) is 18.1 Å². The van der Waals surface area contributed by atoms with E-state index in [0.717, 1.165) is 40.4 Å². The Morgan fingerprint density at radius 1 is 1.10 bits per heavy atom. The number of imide groups is 1. The number of aromatic nitrogens is 1. The van der Waals surface area contributed by atoms with Crippen molar-refractivity contribution in [1.82, 2.24) is 9.88 Å². The number of carbonyl (C=O) groups is 2. The summed E-state index contributed by atoms with van der Waals surface area (Å²) < 4.78 is 61.2. The predicted molar refractivity (Wildman–Crippen MR) is 99.0 cm³/mol. The van der Waals surface area contributed by atoms with Crippen molar-refractivity contribution in [3.8, 4) is 0 Å². The number of rotatable bonds is 4. The van der Waals surface area contributed by atoms with E-state index in [1.807, 2.05) is 0 Å². The van der Waals surface area contributed by atoms with Gasteiger partial charge in [-0.15, -0.1) is 0 Å². The van der Waals surface area contributed by atoms with Crippen LogP contribution in [0, 0.1) is 6.92 Å². The smallest absolute Gasteiger partial charge is 0.305 e. The number of benzene rings is 1. The van der Waals surface area contributed by atoms with Gasteiger partial charge < -0.3 is 4.90 Å². The molecular formula is C19H16F3N3O4S. The van der Waals surface area contributed by atoms with Gasteiger partial charge in [0.15, 0.2) is 0 Å². The molecule has 1 saturated heterocycles. The van der Waals surface area contributed by atoms with Crippen LogP contribution in [0.5, 0.6) is 0 Å². The van der Waals surface area contributed by atoms with Crippen molar-refractivity contribution in [1.29, 1.82) is 0 Å². The van der Waals surface area contributed by atoms with Gasteiger partial charge in [0.1, 0.15) is 5.54 Å². The largest absolute Gasteiger partial charge is 0.501 e. The van der Waals surface area contributed by atoms with Crippen LogP contribution < -0.4 is 4.90 Å². The Hall–Kier alpha value is -2.95. The monoisotopic (exact) mass is 439 g/mol. The molecule has 1 aromatic heterocycles. The summed E-state index contributed by atoms with van der Waals surface area (Å²) in [5.74, 6) is -0.468. The minimum absolute atomic E-state index is 0.0193. The van der Waals surface area contributed by atoms with Crippen molar-refractivity contribution in [2.75, 3.05) is 4.90 Å². The van der Waals surface area contributed by atoms with Gasteiger partial charge in [-0.1, -0.05) is 0 Å². The summed E-state index contributed by atoms with van der Waals surface area (Å²) in [5, 5.41) is 0. The predicted octanol–water partition coefficient (Wildman–Crippen LogP) is 3.18. The summed E-state index contributed by atoms with van der Waals surface area (Å²) >= 11 is 0. The first-order chi connectivity index (χ1) is 14.0. The molecule has 11 heteroatoms. The molecule has 1 aliphatic heterocycles. The zero-order valence-electron chi connectivity index (χ0n) is 15.7. The number of hydrogen-bond acceptors (Lipinski definition) is 5. The van der Waals surface area contributed by atoms with Crippen LogP contribution in [-0.4, -0.2) is 41.3 Å². The number of nitrogens with zero attached hydrogens (tertiary/aromatic N) is 3. The molecule has 0 bridgehead atoms. The van der Waals surface area contributed by atoms with E-state index in [2.05, 4.69) is 4.98 Å². The van der Waals surface area contributed by atoms with E-state index in [-0.39, 0.29) is 12.2 Å². The van der Waals surface area contributed by atoms with E-state index in [4.69, 9.17) is 0 Å². The van der Waals surface area contributed by atoms with E-state index in [0.29, 0.717) is 12.8 Å². The third-order valence-electron chi connectivity index (χ3n) is 5.28. The number of sulfone groups is 1. The fourth-order valence-corrected chi connectivity index (χ4v) is 4.32. The van der Waals surface area contributed by atoms with Crippen molar-refractivity contribution < 1.29 is 31.2 Å². The van der Waals surface area contributed by atoms with E-state index in [1.54, 1.807) is 25.3 Å². The first kappa shape index (κ1) is 20.3. The second kappa shape index (κ2) is 6.53. The Labute approximate surface area is 170 Å². The van der Waals surface area contributed by atoms with Crippen molar-refractivity contribution in [2.24, 2.45) is 0 Å². The Morgan fingerprint density at radius 3 is 2.27 bits per heavy atom. The lowest BCUT2D eigenvalue weighted by Crippen LogP contribution is -2.36. The van der Waals surface area contributed by atoms with Crippen LogP contribution in [0.2, 0.25) is 0 Å². The van der Waals surface area contributed by atoms with Crippen molar-refractivity contribution in [3.63, 3.8) is 0 Å². The van der Waals surface area contributed by atoms with Gasteiger partial charge in [-0.2, -0.15) is 13.2 Å². The number of halogens is 3. The topological polar surface area (TPSA) is 87.7 Å². The van der Waals surface area contributed by atoms with Crippen molar-refractivity contribution in [3.05, 3.63) is 53.9 Å². The highest BCUT2D eigenvalue weighted by molar-refractivity contribution is 7.92. The molecule has 2 aliphatic rings. The highest BCUT2D eigenvalue weighted by Crippen LogP contribution is 2.49. The molecule has 1 aromatic carbocycles. The molecule has 158 valence electrons. The maximum absolute atomic E-state index is 13.0. The first-order valence-electron chi connectivity index (χ1n) is 8.96. The maximum Gasteiger partial charge on any atom is 0.501 e. The van der Waals surface area contributed by atoms with Crippen molar-refractivity contribution >= 4 is 27.5 Å². The average molecular weight is 439 g/mol. The van der Waals surface area contributed by atoms with Crippen LogP contribution >= 0.6 is 0 Å². The number of urea groups is 1. The molecular weight excluding hydrogens is 423 g/mol. The minimum Gasteiger partial charge on any atom is -0.305 e. The van der Waals surface area contributed by atoms with E-state index in [9.17, 15) is 31.2 Å². The molecule has 0 N–H and O–H groups in total. The standard InChI is InChI=1S/C19H16F3N3O4S/c1-12-10-13(6-9-23-12)11-24-17(27)25(16(26)18(24)7-8-18)14-2-4-15(5-3-14)30(28,29)19(20,21)22/h2-6,9-10H,7-8,11H2,1H3. The minimum atomic E-state index is -5.51. The van der Waals surface area contributed by atoms with Gasteiger partial charge in [0.2, 0.25) is 0 Å². The quantitative estimate of drug-likeness (QED) is 0.683. The third kappa shape index (κ3) is 3.04. The molecule has 1 saturated carbocycles. The van der Waals surface area contributed by atoms with Crippen LogP contribution in [0.15, 0.2) is 47.5 Å². The Morgan fingerprint density at radius 2 is 1.73 bits per heavy atom. The SMILES string of the molecule is Cc1cc(CN2C(=O)N(c3ccc(S(=O)(=O)C(F)(F)F)cc3)C(=O)C23CC3)ccn1. The lowest BCUT2D eigenvalue weighted by atomic mass is 10.1. The van der Waals surface area contributed by atoms with Crippen LogP contribution in [0.1, 0.15) is 24.1 Å². The lowest BCUT2D eigenvalue weighted by Gasteiger charge is -2.21. The molecule has 2 heterocycles. The second-order valence-corrected chi connectivity index (χ2v) is 9.23. The molecule has 2 aromatic rings. The van der Waals surface area contributed by atoms with Gasteiger partial charge >= 0.3 is 11.5 Å².